The van der Waals surface area contributed by atoms with Gasteiger partial charge in [0, 0.05) is 26.4 Å². The van der Waals surface area contributed by atoms with Gasteiger partial charge in [0.15, 0.2) is 0 Å². The Morgan fingerprint density at radius 2 is 1.26 bits per heavy atom. The smallest absolute Gasteiger partial charge is 0.332 e. The predicted molar refractivity (Wildman–Crippen MR) is 235 cm³/mol. The average Bonchev–Trinajstić information content (AvgIpc) is 3.60. The van der Waals surface area contributed by atoms with Crippen LogP contribution >= 0.6 is 11.3 Å². The molecule has 7 heteroatoms. The molecule has 0 aliphatic carbocycles. The Morgan fingerprint density at radius 3 is 2.09 bits per heavy atom. The predicted octanol–water partition coefficient (Wildman–Crippen LogP) is 7.41. The molecule has 0 atom stereocenters. The molecular formula is C46H30B3N3S. The fourth-order valence-electron chi connectivity index (χ4n) is 8.82. The van der Waals surface area contributed by atoms with Gasteiger partial charge in [0.1, 0.15) is 15.7 Å². The largest absolute Gasteiger partial charge is 0.344 e. The number of thiophene rings is 1. The van der Waals surface area contributed by atoms with Gasteiger partial charge in [-0.05, 0) is 50.3 Å². The van der Waals surface area contributed by atoms with Crippen LogP contribution in [0.15, 0.2) is 158 Å². The van der Waals surface area contributed by atoms with E-state index in [9.17, 15) is 0 Å². The minimum Gasteiger partial charge on any atom is -0.344 e. The molecule has 0 saturated heterocycles. The molecule has 0 radical (unpaired) electrons. The highest BCUT2D eigenvalue weighted by molar-refractivity contribution is 7.26. The van der Waals surface area contributed by atoms with Crippen molar-refractivity contribution in [2.24, 2.45) is 0 Å². The second-order valence-electron chi connectivity index (χ2n) is 14.2. The van der Waals surface area contributed by atoms with Crippen LogP contribution in [0.25, 0.3) is 75.0 Å². The number of hydrogen-bond donors (Lipinski definition) is 0. The number of aromatic nitrogens is 2. The molecule has 10 aromatic rings. The first-order valence-corrected chi connectivity index (χ1v) is 19.0. The molecular weight excluding hydrogens is 659 g/mol. The van der Waals surface area contributed by atoms with Crippen LogP contribution in [0, 0.1) is 0 Å². The number of benzene rings is 8. The monoisotopic (exact) mass is 689 g/mol. The van der Waals surface area contributed by atoms with E-state index >= 15 is 0 Å². The lowest BCUT2D eigenvalue weighted by molar-refractivity contribution is 1.16. The second-order valence-corrected chi connectivity index (χ2v) is 15.3. The lowest BCUT2D eigenvalue weighted by Crippen LogP contribution is -2.58. The van der Waals surface area contributed by atoms with Crippen molar-refractivity contribution in [3.05, 3.63) is 158 Å². The Labute approximate surface area is 313 Å². The molecule has 3 nitrogen and oxygen atoms in total. The maximum Gasteiger partial charge on any atom is 0.332 e. The van der Waals surface area contributed by atoms with Gasteiger partial charge >= 0.3 is 6.85 Å². The highest BCUT2D eigenvalue weighted by atomic mass is 32.1. The van der Waals surface area contributed by atoms with Gasteiger partial charge in [0.05, 0.1) is 21.6 Å². The summed E-state index contributed by atoms with van der Waals surface area (Å²) in [6, 6.07) is 57.4. The standard InChI is InChI=1S/C46H30B3N3S/c47-28-23-24-33(36(48)26-28)43-34-18-8-10-20-38(34)50-46(51-43)52-44-42(32-17-7-6-16-31(32)40-35-19-9-11-21-39(35)53-45(40)44)41-30-15-5-4-12-27(30)22-25-37(41)49(52)29-13-2-1-3-14-29/h1-26H,47-48H2. The third kappa shape index (κ3) is 4.50. The van der Waals surface area contributed by atoms with E-state index in [2.05, 4.69) is 178 Å². The number of anilines is 2. The lowest BCUT2D eigenvalue weighted by atomic mass is 9.45. The van der Waals surface area contributed by atoms with Gasteiger partial charge in [-0.1, -0.05) is 162 Å². The molecule has 0 N–H and O–H groups in total. The molecule has 8 aromatic carbocycles. The van der Waals surface area contributed by atoms with Crippen molar-refractivity contribution >= 4 is 120 Å². The SMILES string of the molecule is Bc1ccc(-c2nc(N3B(c4ccccc4)c4ccc5ccccc5c4-c4c3c3sc5ccccc5c3c3ccccc43)nc3ccccc23)c(B)c1. The van der Waals surface area contributed by atoms with E-state index in [4.69, 9.17) is 9.97 Å². The summed E-state index contributed by atoms with van der Waals surface area (Å²) in [4.78, 5) is 13.6. The first-order chi connectivity index (χ1) is 26.1. The first kappa shape index (κ1) is 30.5. The third-order valence-corrected chi connectivity index (χ3v) is 12.3. The molecule has 1 aliphatic heterocycles. The van der Waals surface area contributed by atoms with E-state index in [0.717, 1.165) is 22.2 Å². The van der Waals surface area contributed by atoms with Crippen LogP contribution < -0.4 is 26.7 Å². The van der Waals surface area contributed by atoms with Crippen LogP contribution in [-0.4, -0.2) is 32.5 Å². The summed E-state index contributed by atoms with van der Waals surface area (Å²) in [6.07, 6.45) is 0. The Kier molecular flexibility index (Phi) is 6.71. The van der Waals surface area contributed by atoms with Crippen molar-refractivity contribution in [2.75, 3.05) is 4.81 Å². The summed E-state index contributed by atoms with van der Waals surface area (Å²) in [5.41, 5.74) is 11.6. The van der Waals surface area contributed by atoms with E-state index in [1.54, 1.807) is 0 Å². The van der Waals surface area contributed by atoms with Crippen LogP contribution in [0.2, 0.25) is 0 Å². The van der Waals surface area contributed by atoms with Crippen molar-refractivity contribution in [1.82, 2.24) is 9.97 Å². The molecule has 1 aliphatic rings. The van der Waals surface area contributed by atoms with Crippen LogP contribution in [0.4, 0.5) is 11.6 Å². The van der Waals surface area contributed by atoms with E-state index < -0.39 is 0 Å². The maximum atomic E-state index is 5.66. The van der Waals surface area contributed by atoms with E-state index in [-0.39, 0.29) is 6.85 Å². The molecule has 0 saturated carbocycles. The van der Waals surface area contributed by atoms with Gasteiger partial charge in [0.25, 0.3) is 0 Å². The zero-order chi connectivity index (χ0) is 35.2. The number of rotatable bonds is 3. The summed E-state index contributed by atoms with van der Waals surface area (Å²) in [7, 11) is 4.34. The summed E-state index contributed by atoms with van der Waals surface area (Å²) in [5, 5.41) is 8.62. The Hall–Kier alpha value is -6.17. The van der Waals surface area contributed by atoms with Crippen LogP contribution in [0.1, 0.15) is 0 Å². The normalized spacial score (nSPS) is 12.6. The molecule has 2 aromatic heterocycles. The average molecular weight is 689 g/mol. The second kappa shape index (κ2) is 11.7. The van der Waals surface area contributed by atoms with Crippen molar-refractivity contribution in [3.8, 4) is 22.4 Å². The quantitative estimate of drug-likeness (QED) is 0.181. The molecule has 0 unspecified atom stereocenters. The van der Waals surface area contributed by atoms with Crippen molar-refractivity contribution in [1.29, 1.82) is 0 Å². The minimum atomic E-state index is -0.189. The summed E-state index contributed by atoms with van der Waals surface area (Å²) >= 11 is 1.88. The van der Waals surface area contributed by atoms with Gasteiger partial charge < -0.3 is 4.81 Å². The molecule has 244 valence electrons. The molecule has 3 heterocycles. The molecule has 11 rings (SSSR count). The van der Waals surface area contributed by atoms with Gasteiger partial charge in [-0.3, -0.25) is 0 Å². The van der Waals surface area contributed by atoms with Gasteiger partial charge in [-0.2, -0.15) is 0 Å². The number of fused-ring (bicyclic) bond motifs is 13. The minimum absolute atomic E-state index is 0.189. The lowest BCUT2D eigenvalue weighted by Gasteiger charge is -2.39. The molecule has 0 fully saturated rings. The topological polar surface area (TPSA) is 29.0 Å². The number of hydrogen-bond acceptors (Lipinski definition) is 4. The fraction of sp³-hybridized carbons (Fsp3) is 0. The van der Waals surface area contributed by atoms with Crippen LogP contribution in [-0.2, 0) is 0 Å². The Morgan fingerprint density at radius 1 is 0.566 bits per heavy atom. The number of para-hydroxylation sites is 1. The maximum absolute atomic E-state index is 5.66. The van der Waals surface area contributed by atoms with Crippen molar-refractivity contribution in [3.63, 3.8) is 0 Å². The summed E-state index contributed by atoms with van der Waals surface area (Å²) in [6.45, 7) is -0.189. The van der Waals surface area contributed by atoms with Crippen LogP contribution in [0.3, 0.4) is 0 Å². The van der Waals surface area contributed by atoms with Gasteiger partial charge in [-0.15, -0.1) is 11.3 Å². The highest BCUT2D eigenvalue weighted by Crippen LogP contribution is 2.54. The zero-order valence-corrected chi connectivity index (χ0v) is 30.2. The van der Waals surface area contributed by atoms with Gasteiger partial charge in [-0.25, -0.2) is 9.97 Å². The summed E-state index contributed by atoms with van der Waals surface area (Å²) in [5.74, 6) is 0.696. The van der Waals surface area contributed by atoms with Crippen molar-refractivity contribution in [2.45, 2.75) is 0 Å². The molecule has 0 bridgehead atoms. The van der Waals surface area contributed by atoms with Crippen molar-refractivity contribution < 1.29 is 0 Å². The highest BCUT2D eigenvalue weighted by Gasteiger charge is 2.42. The van der Waals surface area contributed by atoms with E-state index in [1.165, 1.54) is 80.4 Å². The molecule has 0 amide bonds. The fourth-order valence-corrected chi connectivity index (χ4v) is 10.1. The molecule has 53 heavy (non-hydrogen) atoms. The Bertz CT molecular complexity index is 3120. The first-order valence-electron chi connectivity index (χ1n) is 18.2. The third-order valence-electron chi connectivity index (χ3n) is 11.1. The molecule has 0 spiro atoms. The zero-order valence-electron chi connectivity index (χ0n) is 29.3. The van der Waals surface area contributed by atoms with Crippen LogP contribution in [0.5, 0.6) is 0 Å². The summed E-state index contributed by atoms with van der Waals surface area (Å²) < 4.78 is 2.53. The number of nitrogens with zero attached hydrogens (tertiary/aromatic N) is 3. The van der Waals surface area contributed by atoms with E-state index in [0.29, 0.717) is 5.95 Å². The van der Waals surface area contributed by atoms with Gasteiger partial charge in [0.2, 0.25) is 5.95 Å². The Balaban J connectivity index is 1.36. The van der Waals surface area contributed by atoms with E-state index in [1.807, 2.05) is 11.3 Å².